The first-order valence-corrected chi connectivity index (χ1v) is 11.3. The Kier molecular flexibility index (Phi) is 6.51. The monoisotopic (exact) mass is 435 g/mol. The number of sulfonamides is 1. The van der Waals surface area contributed by atoms with Crippen molar-refractivity contribution in [3.05, 3.63) is 58.6 Å². The van der Waals surface area contributed by atoms with Gasteiger partial charge in [-0.15, -0.1) is 0 Å². The Morgan fingerprint density at radius 1 is 1.03 bits per heavy atom. The van der Waals surface area contributed by atoms with Crippen LogP contribution in [0, 0.1) is 13.8 Å². The van der Waals surface area contributed by atoms with E-state index in [2.05, 4.69) is 4.90 Å². The summed E-state index contributed by atoms with van der Waals surface area (Å²) in [6, 6.07) is 11.6. The minimum atomic E-state index is -3.92. The highest BCUT2D eigenvalue weighted by molar-refractivity contribution is 7.92. The molecule has 0 radical (unpaired) electrons. The summed E-state index contributed by atoms with van der Waals surface area (Å²) in [4.78, 5) is 17.0. The molecule has 156 valence electrons. The van der Waals surface area contributed by atoms with Crippen molar-refractivity contribution in [3.63, 3.8) is 0 Å². The largest absolute Gasteiger partial charge is 0.339 e. The average molecular weight is 436 g/mol. The van der Waals surface area contributed by atoms with Crippen molar-refractivity contribution >= 4 is 33.2 Å². The molecule has 0 unspecified atom stereocenters. The number of aryl methyl sites for hydroxylation is 2. The number of hydrogen-bond acceptors (Lipinski definition) is 4. The molecule has 2 aromatic carbocycles. The van der Waals surface area contributed by atoms with Gasteiger partial charge in [0.2, 0.25) is 5.91 Å². The van der Waals surface area contributed by atoms with Crippen molar-refractivity contribution in [3.8, 4) is 0 Å². The number of benzene rings is 2. The number of likely N-dealkylation sites (N-methyl/N-ethyl adjacent to an activating group) is 1. The van der Waals surface area contributed by atoms with Gasteiger partial charge in [0.1, 0.15) is 6.54 Å². The van der Waals surface area contributed by atoms with Crippen LogP contribution in [0.5, 0.6) is 0 Å². The molecule has 3 rings (SSSR count). The molecular weight excluding hydrogens is 410 g/mol. The third kappa shape index (κ3) is 4.91. The molecule has 8 heteroatoms. The number of hydrogen-bond donors (Lipinski definition) is 0. The summed E-state index contributed by atoms with van der Waals surface area (Å²) in [7, 11) is -1.91. The predicted octanol–water partition coefficient (Wildman–Crippen LogP) is 2.93. The lowest BCUT2D eigenvalue weighted by molar-refractivity contribution is -0.131. The predicted molar refractivity (Wildman–Crippen MR) is 116 cm³/mol. The number of piperazine rings is 1. The third-order valence-corrected chi connectivity index (χ3v) is 7.18. The molecule has 0 N–H and O–H groups in total. The molecule has 1 amide bonds. The number of nitrogens with zero attached hydrogens (tertiary/aromatic N) is 3. The Bertz CT molecular complexity index is 985. The Labute approximate surface area is 177 Å². The zero-order chi connectivity index (χ0) is 21.2. The lowest BCUT2D eigenvalue weighted by Crippen LogP contribution is -2.51. The fourth-order valence-corrected chi connectivity index (χ4v) is 5.02. The van der Waals surface area contributed by atoms with Crippen LogP contribution in [0.2, 0.25) is 5.02 Å². The van der Waals surface area contributed by atoms with E-state index in [1.165, 1.54) is 4.31 Å². The standard InChI is InChI=1S/C21H26ClN3O3S/c1-16-4-7-19(8-5-16)29(27,28)25(20-9-6-18(22)14-17(20)2)15-21(26)24-12-10-23(3)11-13-24/h4-9,14H,10-13,15H2,1-3H3. The zero-order valence-corrected chi connectivity index (χ0v) is 18.5. The van der Waals surface area contributed by atoms with E-state index in [0.717, 1.165) is 18.7 Å². The highest BCUT2D eigenvalue weighted by atomic mass is 35.5. The van der Waals surface area contributed by atoms with E-state index >= 15 is 0 Å². The molecule has 1 heterocycles. The van der Waals surface area contributed by atoms with E-state index in [-0.39, 0.29) is 17.3 Å². The molecule has 2 aromatic rings. The van der Waals surface area contributed by atoms with Crippen LogP contribution in [0.1, 0.15) is 11.1 Å². The maximum Gasteiger partial charge on any atom is 0.264 e. The Balaban J connectivity index is 1.97. The number of amides is 1. The number of rotatable bonds is 5. The summed E-state index contributed by atoms with van der Waals surface area (Å²) >= 11 is 6.06. The molecule has 6 nitrogen and oxygen atoms in total. The van der Waals surface area contributed by atoms with E-state index in [0.29, 0.717) is 29.4 Å². The molecule has 1 aliphatic rings. The van der Waals surface area contributed by atoms with Gasteiger partial charge in [-0.2, -0.15) is 0 Å². The summed E-state index contributed by atoms with van der Waals surface area (Å²) in [6.07, 6.45) is 0. The van der Waals surface area contributed by atoms with Gasteiger partial charge in [-0.3, -0.25) is 9.10 Å². The van der Waals surface area contributed by atoms with Crippen LogP contribution in [0.4, 0.5) is 5.69 Å². The zero-order valence-electron chi connectivity index (χ0n) is 16.9. The molecule has 0 bridgehead atoms. The van der Waals surface area contributed by atoms with Gasteiger partial charge in [-0.05, 0) is 56.8 Å². The Morgan fingerprint density at radius 2 is 1.66 bits per heavy atom. The van der Waals surface area contributed by atoms with Crippen molar-refractivity contribution < 1.29 is 13.2 Å². The van der Waals surface area contributed by atoms with Crippen LogP contribution in [0.3, 0.4) is 0 Å². The fraction of sp³-hybridized carbons (Fsp3) is 0.381. The van der Waals surface area contributed by atoms with Gasteiger partial charge in [0.25, 0.3) is 10.0 Å². The second-order valence-electron chi connectivity index (χ2n) is 7.44. The van der Waals surface area contributed by atoms with Crippen LogP contribution in [-0.4, -0.2) is 63.9 Å². The summed E-state index contributed by atoms with van der Waals surface area (Å²) in [5.41, 5.74) is 2.11. The van der Waals surface area contributed by atoms with E-state index in [9.17, 15) is 13.2 Å². The molecule has 0 atom stereocenters. The van der Waals surface area contributed by atoms with Crippen LogP contribution in [0.25, 0.3) is 0 Å². The molecule has 29 heavy (non-hydrogen) atoms. The fourth-order valence-electron chi connectivity index (χ4n) is 3.31. The number of anilines is 1. The highest BCUT2D eigenvalue weighted by Crippen LogP contribution is 2.29. The summed E-state index contributed by atoms with van der Waals surface area (Å²) in [5.74, 6) is -0.205. The Morgan fingerprint density at radius 3 is 2.24 bits per heavy atom. The van der Waals surface area contributed by atoms with Crippen molar-refractivity contribution in [2.24, 2.45) is 0 Å². The summed E-state index contributed by atoms with van der Waals surface area (Å²) in [6.45, 7) is 6.17. The van der Waals surface area contributed by atoms with Gasteiger partial charge in [0.15, 0.2) is 0 Å². The van der Waals surface area contributed by atoms with Crippen molar-refractivity contribution in [1.29, 1.82) is 0 Å². The first kappa shape index (κ1) is 21.6. The molecule has 0 aromatic heterocycles. The topological polar surface area (TPSA) is 60.9 Å². The van der Waals surface area contributed by atoms with Crippen LogP contribution in [0.15, 0.2) is 47.4 Å². The number of carbonyl (C=O) groups excluding carboxylic acids is 1. The van der Waals surface area contributed by atoms with Gasteiger partial charge in [-0.1, -0.05) is 29.3 Å². The van der Waals surface area contributed by atoms with Crippen molar-refractivity contribution in [2.45, 2.75) is 18.7 Å². The van der Waals surface area contributed by atoms with Crippen LogP contribution < -0.4 is 4.31 Å². The molecule has 1 saturated heterocycles. The molecular formula is C21H26ClN3O3S. The maximum atomic E-state index is 13.5. The first-order valence-electron chi connectivity index (χ1n) is 9.50. The second kappa shape index (κ2) is 8.73. The van der Waals surface area contributed by atoms with E-state index in [4.69, 9.17) is 11.6 Å². The van der Waals surface area contributed by atoms with Crippen molar-refractivity contribution in [1.82, 2.24) is 9.80 Å². The van der Waals surface area contributed by atoms with Gasteiger partial charge >= 0.3 is 0 Å². The number of halogens is 1. The van der Waals surface area contributed by atoms with Crippen molar-refractivity contribution in [2.75, 3.05) is 44.1 Å². The van der Waals surface area contributed by atoms with E-state index in [1.54, 1.807) is 54.3 Å². The summed E-state index contributed by atoms with van der Waals surface area (Å²) in [5, 5.41) is 0.518. The second-order valence-corrected chi connectivity index (χ2v) is 9.74. The van der Waals surface area contributed by atoms with E-state index < -0.39 is 10.0 Å². The normalized spacial score (nSPS) is 15.4. The molecule has 1 aliphatic heterocycles. The number of carbonyl (C=O) groups is 1. The third-order valence-electron chi connectivity index (χ3n) is 5.17. The SMILES string of the molecule is Cc1ccc(S(=O)(=O)N(CC(=O)N2CCN(C)CC2)c2ccc(Cl)cc2C)cc1. The van der Waals surface area contributed by atoms with Gasteiger partial charge in [-0.25, -0.2) is 8.42 Å². The van der Waals surface area contributed by atoms with Gasteiger partial charge < -0.3 is 9.80 Å². The van der Waals surface area contributed by atoms with Crippen LogP contribution >= 0.6 is 11.6 Å². The molecule has 0 spiro atoms. The molecule has 1 fully saturated rings. The highest BCUT2D eigenvalue weighted by Gasteiger charge is 2.30. The minimum absolute atomic E-state index is 0.156. The van der Waals surface area contributed by atoms with Crippen LogP contribution in [-0.2, 0) is 14.8 Å². The summed E-state index contributed by atoms with van der Waals surface area (Å²) < 4.78 is 28.1. The quantitative estimate of drug-likeness (QED) is 0.724. The lowest BCUT2D eigenvalue weighted by atomic mass is 10.2. The van der Waals surface area contributed by atoms with E-state index in [1.807, 2.05) is 14.0 Å². The average Bonchev–Trinajstić information content (AvgIpc) is 2.67. The Hall–Kier alpha value is -2.09. The smallest absolute Gasteiger partial charge is 0.264 e. The minimum Gasteiger partial charge on any atom is -0.339 e. The van der Waals surface area contributed by atoms with Gasteiger partial charge in [0.05, 0.1) is 10.6 Å². The molecule has 0 saturated carbocycles. The van der Waals surface area contributed by atoms with Gasteiger partial charge in [0, 0.05) is 31.2 Å². The molecule has 0 aliphatic carbocycles. The first-order chi connectivity index (χ1) is 13.7. The lowest BCUT2D eigenvalue weighted by Gasteiger charge is -2.34. The maximum absolute atomic E-state index is 13.5.